The van der Waals surface area contributed by atoms with Crippen LogP contribution >= 0.6 is 27.3 Å². The number of halogens is 1. The van der Waals surface area contributed by atoms with Gasteiger partial charge in [0.25, 0.3) is 0 Å². The van der Waals surface area contributed by atoms with E-state index in [0.717, 1.165) is 15.7 Å². The van der Waals surface area contributed by atoms with Gasteiger partial charge in [0.1, 0.15) is 0 Å². The van der Waals surface area contributed by atoms with Crippen LogP contribution in [0.4, 0.5) is 5.69 Å². The number of carbonyl (C=O) groups excluding carboxylic acids is 1. The zero-order chi connectivity index (χ0) is 11.4. The lowest BCUT2D eigenvalue weighted by atomic mass is 10.1. The minimum Gasteiger partial charge on any atom is -0.324 e. The molecule has 0 spiro atoms. The second-order valence-electron chi connectivity index (χ2n) is 3.34. The van der Waals surface area contributed by atoms with Gasteiger partial charge < -0.3 is 5.32 Å². The van der Waals surface area contributed by atoms with Crippen molar-refractivity contribution >= 4 is 38.9 Å². The Bertz CT molecular complexity index is 481. The van der Waals surface area contributed by atoms with Crippen LogP contribution in [-0.4, -0.2) is 5.91 Å². The number of carbonyl (C=O) groups is 1. The summed E-state index contributed by atoms with van der Waals surface area (Å²) in [5.74, 6) is 0.00491. The molecule has 0 fully saturated rings. The molecule has 2 aromatic rings. The number of anilines is 1. The molecule has 16 heavy (non-hydrogen) atoms. The molecule has 2 nitrogen and oxygen atoms in total. The van der Waals surface area contributed by atoms with Gasteiger partial charge in [0, 0.05) is 10.8 Å². The van der Waals surface area contributed by atoms with Crippen LogP contribution in [0.3, 0.4) is 0 Å². The third-order valence-corrected chi connectivity index (χ3v) is 3.80. The van der Waals surface area contributed by atoms with E-state index in [2.05, 4.69) is 21.2 Å². The average molecular weight is 296 g/mol. The topological polar surface area (TPSA) is 29.1 Å². The van der Waals surface area contributed by atoms with Crippen LogP contribution < -0.4 is 5.32 Å². The Morgan fingerprint density at radius 3 is 2.62 bits per heavy atom. The van der Waals surface area contributed by atoms with Gasteiger partial charge in [0.2, 0.25) is 5.91 Å². The maximum Gasteiger partial charge on any atom is 0.228 e. The van der Waals surface area contributed by atoms with Gasteiger partial charge in [-0.25, -0.2) is 0 Å². The van der Waals surface area contributed by atoms with Crippen molar-refractivity contribution in [3.05, 3.63) is 51.1 Å². The molecule has 0 aliphatic carbocycles. The fourth-order valence-corrected chi connectivity index (χ4v) is 2.67. The van der Waals surface area contributed by atoms with E-state index in [1.54, 1.807) is 11.3 Å². The molecule has 0 saturated carbocycles. The van der Waals surface area contributed by atoms with Crippen LogP contribution in [0.5, 0.6) is 0 Å². The van der Waals surface area contributed by atoms with Crippen molar-refractivity contribution in [2.24, 2.45) is 0 Å². The van der Waals surface area contributed by atoms with Crippen molar-refractivity contribution in [1.82, 2.24) is 0 Å². The molecular formula is C12H10BrNOS. The molecule has 82 valence electrons. The highest BCUT2D eigenvalue weighted by atomic mass is 79.9. The van der Waals surface area contributed by atoms with Gasteiger partial charge in [0.05, 0.1) is 16.6 Å². The van der Waals surface area contributed by atoms with Gasteiger partial charge in [-0.15, -0.1) is 11.3 Å². The van der Waals surface area contributed by atoms with E-state index in [1.807, 2.05) is 41.1 Å². The predicted molar refractivity (Wildman–Crippen MR) is 70.8 cm³/mol. The molecule has 1 heterocycles. The highest BCUT2D eigenvalue weighted by molar-refractivity contribution is 9.10. The molecule has 1 N–H and O–H groups in total. The van der Waals surface area contributed by atoms with Gasteiger partial charge >= 0.3 is 0 Å². The molecular weight excluding hydrogens is 286 g/mol. The minimum atomic E-state index is 0.00491. The normalized spacial score (nSPS) is 10.1. The average Bonchev–Trinajstić information content (AvgIpc) is 2.66. The lowest BCUT2D eigenvalue weighted by molar-refractivity contribution is -0.115. The number of hydrogen-bond donors (Lipinski definition) is 1. The van der Waals surface area contributed by atoms with E-state index in [4.69, 9.17) is 0 Å². The summed E-state index contributed by atoms with van der Waals surface area (Å²) in [5, 5.41) is 6.72. The summed E-state index contributed by atoms with van der Waals surface area (Å²) in [4.78, 5) is 11.7. The minimum absolute atomic E-state index is 0.00491. The molecule has 0 atom stereocenters. The number of amides is 1. The number of nitrogens with one attached hydrogen (secondary N) is 1. The Morgan fingerprint density at radius 1 is 1.25 bits per heavy atom. The Morgan fingerprint density at radius 2 is 2.00 bits per heavy atom. The van der Waals surface area contributed by atoms with E-state index >= 15 is 0 Å². The maximum atomic E-state index is 11.7. The van der Waals surface area contributed by atoms with Gasteiger partial charge in [0.15, 0.2) is 0 Å². The number of hydrogen-bond acceptors (Lipinski definition) is 2. The summed E-state index contributed by atoms with van der Waals surface area (Å²) < 4.78 is 0.930. The van der Waals surface area contributed by atoms with Crippen LogP contribution in [0.25, 0.3) is 0 Å². The molecule has 0 saturated heterocycles. The number of thiophene rings is 1. The molecule has 1 aromatic heterocycles. The van der Waals surface area contributed by atoms with Gasteiger partial charge in [-0.1, -0.05) is 30.3 Å². The molecule has 0 radical (unpaired) electrons. The maximum absolute atomic E-state index is 11.7. The molecule has 1 amide bonds. The molecule has 1 aromatic carbocycles. The van der Waals surface area contributed by atoms with Gasteiger partial charge in [-0.2, -0.15) is 0 Å². The van der Waals surface area contributed by atoms with E-state index in [9.17, 15) is 4.79 Å². The largest absolute Gasteiger partial charge is 0.324 e. The Labute approximate surface area is 106 Å². The summed E-state index contributed by atoms with van der Waals surface area (Å²) in [6.45, 7) is 0. The van der Waals surface area contributed by atoms with Crippen molar-refractivity contribution < 1.29 is 4.79 Å². The third-order valence-electron chi connectivity index (χ3n) is 2.10. The number of rotatable bonds is 3. The van der Waals surface area contributed by atoms with Crippen molar-refractivity contribution in [3.8, 4) is 0 Å². The Hall–Kier alpha value is -1.13. The Balaban J connectivity index is 1.98. The van der Waals surface area contributed by atoms with Crippen molar-refractivity contribution in [2.45, 2.75) is 6.42 Å². The highest BCUT2D eigenvalue weighted by Crippen LogP contribution is 2.26. The first-order chi connectivity index (χ1) is 7.75. The van der Waals surface area contributed by atoms with Gasteiger partial charge in [-0.3, -0.25) is 4.79 Å². The third kappa shape index (κ3) is 2.93. The first kappa shape index (κ1) is 11.4. The molecule has 0 aliphatic heterocycles. The fourth-order valence-electron chi connectivity index (χ4n) is 1.35. The summed E-state index contributed by atoms with van der Waals surface area (Å²) in [7, 11) is 0. The van der Waals surface area contributed by atoms with Crippen LogP contribution in [-0.2, 0) is 11.2 Å². The smallest absolute Gasteiger partial charge is 0.228 e. The van der Waals surface area contributed by atoms with Crippen molar-refractivity contribution in [2.75, 3.05) is 5.32 Å². The fraction of sp³-hybridized carbons (Fsp3) is 0.0833. The zero-order valence-electron chi connectivity index (χ0n) is 8.44. The van der Waals surface area contributed by atoms with Crippen LogP contribution in [0.2, 0.25) is 0 Å². The lowest BCUT2D eigenvalue weighted by Crippen LogP contribution is -2.13. The Kier molecular flexibility index (Phi) is 3.74. The van der Waals surface area contributed by atoms with Gasteiger partial charge in [-0.05, 0) is 21.5 Å². The van der Waals surface area contributed by atoms with E-state index in [1.165, 1.54) is 0 Å². The quantitative estimate of drug-likeness (QED) is 0.919. The zero-order valence-corrected chi connectivity index (χ0v) is 10.8. The number of benzene rings is 1. The molecule has 0 unspecified atom stereocenters. The first-order valence-corrected chi connectivity index (χ1v) is 6.55. The van der Waals surface area contributed by atoms with E-state index in [-0.39, 0.29) is 5.91 Å². The molecule has 4 heteroatoms. The van der Waals surface area contributed by atoms with Crippen LogP contribution in [0, 0.1) is 0 Å². The summed E-state index contributed by atoms with van der Waals surface area (Å²) in [5.41, 5.74) is 1.86. The molecule has 2 rings (SSSR count). The van der Waals surface area contributed by atoms with E-state index < -0.39 is 0 Å². The van der Waals surface area contributed by atoms with Crippen LogP contribution in [0.15, 0.2) is 45.6 Å². The lowest BCUT2D eigenvalue weighted by Gasteiger charge is -2.03. The van der Waals surface area contributed by atoms with E-state index in [0.29, 0.717) is 6.42 Å². The molecule has 0 bridgehead atoms. The SMILES string of the molecule is O=C(Cc1ccccc1)Nc1cscc1Br. The monoisotopic (exact) mass is 295 g/mol. The summed E-state index contributed by atoms with van der Waals surface area (Å²) >= 11 is 4.93. The highest BCUT2D eigenvalue weighted by Gasteiger charge is 2.06. The second-order valence-corrected chi connectivity index (χ2v) is 4.94. The second kappa shape index (κ2) is 5.27. The predicted octanol–water partition coefficient (Wildman–Crippen LogP) is 3.69. The molecule has 0 aliphatic rings. The summed E-state index contributed by atoms with van der Waals surface area (Å²) in [6, 6.07) is 9.70. The van der Waals surface area contributed by atoms with Crippen LogP contribution in [0.1, 0.15) is 5.56 Å². The first-order valence-electron chi connectivity index (χ1n) is 4.81. The summed E-state index contributed by atoms with van der Waals surface area (Å²) in [6.07, 6.45) is 0.406. The standard InChI is InChI=1S/C12H10BrNOS/c13-10-7-16-8-11(10)14-12(15)6-9-4-2-1-3-5-9/h1-5,7-8H,6H2,(H,14,15). The van der Waals surface area contributed by atoms with Crippen molar-refractivity contribution in [1.29, 1.82) is 0 Å². The van der Waals surface area contributed by atoms with Crippen molar-refractivity contribution in [3.63, 3.8) is 0 Å².